The molecule has 0 bridgehead atoms. The van der Waals surface area contributed by atoms with Crippen molar-refractivity contribution in [2.75, 3.05) is 5.32 Å². The Morgan fingerprint density at radius 2 is 2.24 bits per heavy atom. The maximum absolute atomic E-state index is 11.7. The number of carboxylic acids is 1. The molecule has 1 aliphatic carbocycles. The van der Waals surface area contributed by atoms with Gasteiger partial charge >= 0.3 is 5.97 Å². The summed E-state index contributed by atoms with van der Waals surface area (Å²) < 4.78 is 3.95. The van der Waals surface area contributed by atoms with Gasteiger partial charge in [-0.25, -0.2) is 4.79 Å². The van der Waals surface area contributed by atoms with Crippen LogP contribution >= 0.6 is 11.5 Å². The summed E-state index contributed by atoms with van der Waals surface area (Å²) in [4.78, 5) is 22.7. The van der Waals surface area contributed by atoms with Crippen LogP contribution in [-0.2, 0) is 4.79 Å². The molecule has 17 heavy (non-hydrogen) atoms. The van der Waals surface area contributed by atoms with E-state index in [0.717, 1.165) is 24.4 Å². The third kappa shape index (κ3) is 2.63. The highest BCUT2D eigenvalue weighted by Gasteiger charge is 2.23. The lowest BCUT2D eigenvalue weighted by molar-refractivity contribution is -0.117. The molecular weight excluding hydrogens is 240 g/mol. The molecule has 2 N–H and O–H groups in total. The van der Waals surface area contributed by atoms with Gasteiger partial charge in [-0.2, -0.15) is 4.37 Å². The normalized spacial score (nSPS) is 15.4. The minimum atomic E-state index is -1.05. The molecule has 2 rings (SSSR count). The van der Waals surface area contributed by atoms with Gasteiger partial charge in [0.2, 0.25) is 5.91 Å². The molecule has 0 saturated heterocycles. The Bertz CT molecular complexity index is 452. The van der Waals surface area contributed by atoms with Gasteiger partial charge in [0, 0.05) is 6.42 Å². The molecule has 1 amide bonds. The van der Waals surface area contributed by atoms with E-state index in [0.29, 0.717) is 23.0 Å². The lowest BCUT2D eigenvalue weighted by Crippen LogP contribution is -2.21. The van der Waals surface area contributed by atoms with Crippen LogP contribution in [0, 0.1) is 12.8 Å². The number of carbonyl (C=O) groups excluding carboxylic acids is 1. The summed E-state index contributed by atoms with van der Waals surface area (Å²) in [5.74, 6) is -0.687. The second-order valence-electron chi connectivity index (χ2n) is 4.33. The predicted octanol–water partition coefficient (Wildman–Crippen LogP) is 2.28. The van der Waals surface area contributed by atoms with E-state index in [9.17, 15) is 9.59 Å². The summed E-state index contributed by atoms with van der Waals surface area (Å²) in [5.41, 5.74) is 0.554. The molecule has 0 aromatic carbocycles. The summed E-state index contributed by atoms with van der Waals surface area (Å²) in [5, 5.41) is 12.0. The first-order chi connectivity index (χ1) is 8.08. The van der Waals surface area contributed by atoms with Gasteiger partial charge in [0.15, 0.2) is 0 Å². The van der Waals surface area contributed by atoms with E-state index in [4.69, 9.17) is 5.11 Å². The number of hydrogen-bond donors (Lipinski definition) is 2. The number of aryl methyl sites for hydroxylation is 1. The Kier molecular flexibility index (Phi) is 3.42. The molecule has 0 atom stereocenters. The van der Waals surface area contributed by atoms with Crippen LogP contribution in [0.15, 0.2) is 0 Å². The molecule has 1 fully saturated rings. The molecule has 1 heterocycles. The first-order valence-electron chi connectivity index (χ1n) is 5.57. The van der Waals surface area contributed by atoms with Gasteiger partial charge < -0.3 is 10.4 Å². The summed E-state index contributed by atoms with van der Waals surface area (Å²) in [6.45, 7) is 1.63. The van der Waals surface area contributed by atoms with Crippen LogP contribution in [0.4, 0.5) is 5.00 Å². The van der Waals surface area contributed by atoms with Gasteiger partial charge in [-0.05, 0) is 37.2 Å². The molecule has 6 heteroatoms. The van der Waals surface area contributed by atoms with Crippen LogP contribution < -0.4 is 5.32 Å². The third-order valence-corrected chi connectivity index (χ3v) is 3.88. The standard InChI is InChI=1S/C11H14N2O3S/c1-6-9(11(15)16)10(17-13-6)12-8(14)5-7-3-2-4-7/h7H,2-5H2,1H3,(H,12,14)(H,15,16). The topological polar surface area (TPSA) is 79.3 Å². The molecule has 0 unspecified atom stereocenters. The molecule has 1 aliphatic rings. The number of aromatic carboxylic acids is 1. The average molecular weight is 254 g/mol. The molecule has 92 valence electrons. The Balaban J connectivity index is 2.02. The molecule has 0 aliphatic heterocycles. The Labute approximate surface area is 103 Å². The van der Waals surface area contributed by atoms with E-state index in [-0.39, 0.29) is 11.5 Å². The van der Waals surface area contributed by atoms with Gasteiger partial charge in [-0.15, -0.1) is 0 Å². The highest BCUT2D eigenvalue weighted by atomic mass is 32.1. The Morgan fingerprint density at radius 3 is 2.76 bits per heavy atom. The van der Waals surface area contributed by atoms with E-state index in [1.54, 1.807) is 6.92 Å². The predicted molar refractivity (Wildman–Crippen MR) is 64.4 cm³/mol. The van der Waals surface area contributed by atoms with E-state index >= 15 is 0 Å². The van der Waals surface area contributed by atoms with Crippen LogP contribution in [0.2, 0.25) is 0 Å². The van der Waals surface area contributed by atoms with E-state index in [1.165, 1.54) is 6.42 Å². The summed E-state index contributed by atoms with van der Waals surface area (Å²) >= 11 is 1.02. The van der Waals surface area contributed by atoms with Gasteiger partial charge in [-0.1, -0.05) is 6.42 Å². The number of carbonyl (C=O) groups is 2. The third-order valence-electron chi connectivity index (χ3n) is 3.03. The SMILES string of the molecule is Cc1nsc(NC(=O)CC2CCC2)c1C(=O)O. The summed E-state index contributed by atoms with van der Waals surface area (Å²) in [7, 11) is 0. The molecule has 5 nitrogen and oxygen atoms in total. The van der Waals surface area contributed by atoms with Crippen LogP contribution in [0.25, 0.3) is 0 Å². The minimum Gasteiger partial charge on any atom is -0.478 e. The van der Waals surface area contributed by atoms with Crippen LogP contribution in [0.1, 0.15) is 41.7 Å². The lowest BCUT2D eigenvalue weighted by Gasteiger charge is -2.24. The van der Waals surface area contributed by atoms with Crippen LogP contribution in [-0.4, -0.2) is 21.4 Å². The van der Waals surface area contributed by atoms with Crippen LogP contribution in [0.5, 0.6) is 0 Å². The molecule has 1 saturated carbocycles. The number of hydrogen-bond acceptors (Lipinski definition) is 4. The summed E-state index contributed by atoms with van der Waals surface area (Å²) in [6.07, 6.45) is 3.87. The van der Waals surface area contributed by atoms with Crippen molar-refractivity contribution in [3.05, 3.63) is 11.3 Å². The monoisotopic (exact) mass is 254 g/mol. The number of nitrogens with one attached hydrogen (secondary N) is 1. The maximum atomic E-state index is 11.7. The van der Waals surface area contributed by atoms with Crippen molar-refractivity contribution in [2.24, 2.45) is 5.92 Å². The number of rotatable bonds is 4. The van der Waals surface area contributed by atoms with E-state index in [2.05, 4.69) is 9.69 Å². The fraction of sp³-hybridized carbons (Fsp3) is 0.545. The number of amides is 1. The van der Waals surface area contributed by atoms with Crippen molar-refractivity contribution in [1.82, 2.24) is 4.37 Å². The van der Waals surface area contributed by atoms with Crippen molar-refractivity contribution >= 4 is 28.4 Å². The first kappa shape index (κ1) is 12.0. The summed E-state index contributed by atoms with van der Waals surface area (Å²) in [6, 6.07) is 0. The maximum Gasteiger partial charge on any atom is 0.340 e. The zero-order valence-corrected chi connectivity index (χ0v) is 10.3. The van der Waals surface area contributed by atoms with Gasteiger partial charge in [-0.3, -0.25) is 4.79 Å². The number of anilines is 1. The first-order valence-corrected chi connectivity index (χ1v) is 6.34. The minimum absolute atomic E-state index is 0.108. The van der Waals surface area contributed by atoms with Crippen molar-refractivity contribution < 1.29 is 14.7 Å². The molecule has 0 radical (unpaired) electrons. The molecular formula is C11H14N2O3S. The Hall–Kier alpha value is -1.43. The number of nitrogens with zero attached hydrogens (tertiary/aromatic N) is 1. The Morgan fingerprint density at radius 1 is 1.53 bits per heavy atom. The quantitative estimate of drug-likeness (QED) is 0.863. The van der Waals surface area contributed by atoms with Gasteiger partial charge in [0.25, 0.3) is 0 Å². The number of carboxylic acid groups (broad SMARTS) is 1. The zero-order valence-electron chi connectivity index (χ0n) is 9.52. The molecule has 0 spiro atoms. The fourth-order valence-electron chi connectivity index (χ4n) is 1.84. The molecule has 1 aromatic heterocycles. The highest BCUT2D eigenvalue weighted by molar-refractivity contribution is 7.11. The average Bonchev–Trinajstić information content (AvgIpc) is 2.53. The van der Waals surface area contributed by atoms with Gasteiger partial charge in [0.05, 0.1) is 5.69 Å². The molecule has 1 aromatic rings. The van der Waals surface area contributed by atoms with Crippen molar-refractivity contribution in [3.8, 4) is 0 Å². The fourth-order valence-corrected chi connectivity index (χ4v) is 2.65. The largest absolute Gasteiger partial charge is 0.478 e. The van der Waals surface area contributed by atoms with Crippen molar-refractivity contribution in [1.29, 1.82) is 0 Å². The lowest BCUT2D eigenvalue weighted by atomic mass is 9.83. The van der Waals surface area contributed by atoms with E-state index in [1.807, 2.05) is 0 Å². The van der Waals surface area contributed by atoms with Crippen LogP contribution in [0.3, 0.4) is 0 Å². The number of aromatic nitrogens is 1. The zero-order chi connectivity index (χ0) is 12.4. The smallest absolute Gasteiger partial charge is 0.340 e. The van der Waals surface area contributed by atoms with Crippen molar-refractivity contribution in [2.45, 2.75) is 32.6 Å². The second kappa shape index (κ2) is 4.83. The highest BCUT2D eigenvalue weighted by Crippen LogP contribution is 2.30. The van der Waals surface area contributed by atoms with Crippen molar-refractivity contribution in [3.63, 3.8) is 0 Å². The second-order valence-corrected chi connectivity index (χ2v) is 5.10. The van der Waals surface area contributed by atoms with E-state index < -0.39 is 5.97 Å². The van der Waals surface area contributed by atoms with Gasteiger partial charge in [0.1, 0.15) is 10.6 Å².